The summed E-state index contributed by atoms with van der Waals surface area (Å²) in [5.41, 5.74) is 5.25. The Labute approximate surface area is 176 Å². The molecule has 0 saturated heterocycles. The van der Waals surface area contributed by atoms with Crippen LogP contribution in [0.4, 0.5) is 0 Å². The summed E-state index contributed by atoms with van der Waals surface area (Å²) < 4.78 is 5.70. The van der Waals surface area contributed by atoms with Gasteiger partial charge in [-0.05, 0) is 61.3 Å². The molecule has 148 valence electrons. The second kappa shape index (κ2) is 8.40. The molecule has 0 bridgehead atoms. The first-order valence-electron chi connectivity index (χ1n) is 9.86. The third-order valence-corrected chi connectivity index (χ3v) is 5.81. The van der Waals surface area contributed by atoms with Gasteiger partial charge in [0.1, 0.15) is 5.75 Å². The lowest BCUT2D eigenvalue weighted by molar-refractivity contribution is 0.0734. The lowest BCUT2D eigenvalue weighted by Gasteiger charge is -2.22. The Kier molecular flexibility index (Phi) is 5.70. The zero-order chi connectivity index (χ0) is 20.4. The Bertz CT molecular complexity index is 1010. The number of carbonyl (C=O) groups is 1. The van der Waals surface area contributed by atoms with Crippen LogP contribution in [-0.4, -0.2) is 31.0 Å². The minimum Gasteiger partial charge on any atom is -0.421 e. The predicted octanol–water partition coefficient (Wildman–Crippen LogP) is 5.49. The number of likely N-dealkylation sites (N-methyl/N-ethyl adjacent to an activating group) is 1. The summed E-state index contributed by atoms with van der Waals surface area (Å²) in [7, 11) is 2.14. The molecule has 4 heteroatoms. The molecular weight excluding hydrogens is 382 g/mol. The van der Waals surface area contributed by atoms with Crippen molar-refractivity contribution in [1.82, 2.24) is 4.90 Å². The highest BCUT2D eigenvalue weighted by Crippen LogP contribution is 2.37. The number of hydrogen-bond donors (Lipinski definition) is 0. The molecule has 3 nitrogen and oxygen atoms in total. The molecule has 0 saturated carbocycles. The second-order valence-electron chi connectivity index (χ2n) is 7.71. The van der Waals surface area contributed by atoms with Crippen LogP contribution in [0.3, 0.4) is 0 Å². The van der Waals surface area contributed by atoms with E-state index in [1.807, 2.05) is 37.3 Å². The van der Waals surface area contributed by atoms with Crippen molar-refractivity contribution in [3.05, 3.63) is 99.6 Å². The van der Waals surface area contributed by atoms with Crippen LogP contribution in [0.1, 0.15) is 38.5 Å². The molecule has 1 aliphatic heterocycles. The summed E-state index contributed by atoms with van der Waals surface area (Å²) >= 11 is 6.51. The SMILES string of the molecule is Cc1ccc(C(=O)Oc2cc3c(cc2Cl)CCN(C)C[C@H]3c2ccccc2)cc1. The van der Waals surface area contributed by atoms with Crippen LogP contribution in [0.25, 0.3) is 0 Å². The molecule has 0 amide bonds. The average molecular weight is 406 g/mol. The Hall–Kier alpha value is -2.62. The van der Waals surface area contributed by atoms with Crippen molar-refractivity contribution in [2.45, 2.75) is 19.3 Å². The zero-order valence-electron chi connectivity index (χ0n) is 16.7. The van der Waals surface area contributed by atoms with Gasteiger partial charge < -0.3 is 9.64 Å². The molecule has 0 radical (unpaired) electrons. The minimum atomic E-state index is -0.395. The highest BCUT2D eigenvalue weighted by atomic mass is 35.5. The Balaban J connectivity index is 1.71. The number of ether oxygens (including phenoxy) is 1. The number of esters is 1. The summed E-state index contributed by atoms with van der Waals surface area (Å²) in [6.45, 7) is 3.86. The fourth-order valence-electron chi connectivity index (χ4n) is 3.86. The third-order valence-electron chi connectivity index (χ3n) is 5.52. The van der Waals surface area contributed by atoms with Crippen LogP contribution >= 0.6 is 11.6 Å². The number of carbonyl (C=O) groups excluding carboxylic acids is 1. The van der Waals surface area contributed by atoms with Crippen molar-refractivity contribution < 1.29 is 9.53 Å². The zero-order valence-corrected chi connectivity index (χ0v) is 17.4. The van der Waals surface area contributed by atoms with E-state index in [0.29, 0.717) is 16.3 Å². The molecule has 1 heterocycles. The molecule has 0 aliphatic carbocycles. The van der Waals surface area contributed by atoms with Gasteiger partial charge in [-0.1, -0.05) is 59.6 Å². The monoisotopic (exact) mass is 405 g/mol. The quantitative estimate of drug-likeness (QED) is 0.426. The first-order valence-corrected chi connectivity index (χ1v) is 10.2. The first kappa shape index (κ1) is 19.7. The van der Waals surface area contributed by atoms with Crippen molar-refractivity contribution in [3.8, 4) is 5.75 Å². The van der Waals surface area contributed by atoms with Crippen molar-refractivity contribution in [1.29, 1.82) is 0 Å². The number of rotatable bonds is 3. The Morgan fingerprint density at radius 2 is 1.79 bits per heavy atom. The summed E-state index contributed by atoms with van der Waals surface area (Å²) in [6.07, 6.45) is 0.918. The molecule has 0 spiro atoms. The molecule has 29 heavy (non-hydrogen) atoms. The molecular formula is C25H24ClNO2. The molecule has 4 rings (SSSR count). The van der Waals surface area contributed by atoms with Gasteiger partial charge in [-0.25, -0.2) is 4.79 Å². The summed E-state index contributed by atoms with van der Waals surface area (Å²) in [6, 6.07) is 21.7. The van der Waals surface area contributed by atoms with Crippen LogP contribution in [0.5, 0.6) is 5.75 Å². The fraction of sp³-hybridized carbons (Fsp3) is 0.240. The maximum atomic E-state index is 12.6. The Morgan fingerprint density at radius 3 is 2.52 bits per heavy atom. The largest absolute Gasteiger partial charge is 0.421 e. The summed E-state index contributed by atoms with van der Waals surface area (Å²) in [4.78, 5) is 15.0. The molecule has 0 fully saturated rings. The van der Waals surface area contributed by atoms with E-state index in [0.717, 1.165) is 25.1 Å². The number of halogens is 1. The van der Waals surface area contributed by atoms with Gasteiger partial charge in [0.15, 0.2) is 0 Å². The van der Waals surface area contributed by atoms with Crippen LogP contribution in [-0.2, 0) is 6.42 Å². The van der Waals surface area contributed by atoms with Gasteiger partial charge in [0.05, 0.1) is 10.6 Å². The van der Waals surface area contributed by atoms with E-state index in [1.54, 1.807) is 12.1 Å². The number of fused-ring (bicyclic) bond motifs is 1. The van der Waals surface area contributed by atoms with Gasteiger partial charge in [0.2, 0.25) is 0 Å². The average Bonchev–Trinajstić information content (AvgIpc) is 2.88. The topological polar surface area (TPSA) is 29.5 Å². The number of hydrogen-bond acceptors (Lipinski definition) is 3. The lowest BCUT2D eigenvalue weighted by Crippen LogP contribution is -2.24. The van der Waals surface area contributed by atoms with E-state index < -0.39 is 5.97 Å². The molecule has 1 atom stereocenters. The maximum absolute atomic E-state index is 12.6. The third kappa shape index (κ3) is 4.36. The van der Waals surface area contributed by atoms with Gasteiger partial charge in [-0.15, -0.1) is 0 Å². The second-order valence-corrected chi connectivity index (χ2v) is 8.12. The molecule has 1 aliphatic rings. The van der Waals surface area contributed by atoms with Crippen molar-refractivity contribution >= 4 is 17.6 Å². The van der Waals surface area contributed by atoms with E-state index in [1.165, 1.54) is 16.7 Å². The van der Waals surface area contributed by atoms with Gasteiger partial charge in [-0.2, -0.15) is 0 Å². The smallest absolute Gasteiger partial charge is 0.343 e. The molecule has 0 unspecified atom stereocenters. The van der Waals surface area contributed by atoms with Crippen LogP contribution in [0.15, 0.2) is 66.7 Å². The highest BCUT2D eigenvalue weighted by molar-refractivity contribution is 6.32. The van der Waals surface area contributed by atoms with E-state index in [2.05, 4.69) is 36.2 Å². The van der Waals surface area contributed by atoms with E-state index >= 15 is 0 Å². The Morgan fingerprint density at radius 1 is 1.07 bits per heavy atom. The van der Waals surface area contributed by atoms with Gasteiger partial charge in [0.25, 0.3) is 0 Å². The van der Waals surface area contributed by atoms with Crippen LogP contribution < -0.4 is 4.74 Å². The summed E-state index contributed by atoms with van der Waals surface area (Å²) in [5.74, 6) is 0.225. The van der Waals surface area contributed by atoms with Gasteiger partial charge in [0, 0.05) is 19.0 Å². The van der Waals surface area contributed by atoms with Crippen molar-refractivity contribution in [2.75, 3.05) is 20.1 Å². The van der Waals surface area contributed by atoms with E-state index in [-0.39, 0.29) is 5.92 Å². The maximum Gasteiger partial charge on any atom is 0.343 e. The summed E-state index contributed by atoms with van der Waals surface area (Å²) in [5, 5.41) is 0.473. The highest BCUT2D eigenvalue weighted by Gasteiger charge is 2.25. The van der Waals surface area contributed by atoms with E-state index in [9.17, 15) is 4.79 Å². The minimum absolute atomic E-state index is 0.202. The first-order chi connectivity index (χ1) is 14.0. The number of aryl methyl sites for hydroxylation is 1. The van der Waals surface area contributed by atoms with Gasteiger partial charge >= 0.3 is 5.97 Å². The molecule has 3 aromatic rings. The molecule has 0 N–H and O–H groups in total. The van der Waals surface area contributed by atoms with Gasteiger partial charge in [-0.3, -0.25) is 0 Å². The van der Waals surface area contributed by atoms with Crippen molar-refractivity contribution in [3.63, 3.8) is 0 Å². The predicted molar refractivity (Wildman–Crippen MR) is 117 cm³/mol. The van der Waals surface area contributed by atoms with E-state index in [4.69, 9.17) is 16.3 Å². The fourth-order valence-corrected chi connectivity index (χ4v) is 4.09. The normalized spacial score (nSPS) is 16.7. The van der Waals surface area contributed by atoms with Crippen LogP contribution in [0, 0.1) is 6.92 Å². The molecule has 3 aromatic carbocycles. The number of benzene rings is 3. The molecule has 0 aromatic heterocycles. The number of nitrogens with zero attached hydrogens (tertiary/aromatic N) is 1. The van der Waals surface area contributed by atoms with Crippen molar-refractivity contribution in [2.24, 2.45) is 0 Å². The standard InChI is InChI=1S/C25H24ClNO2/c1-17-8-10-19(11-9-17)25(28)29-24-15-21-20(14-23(24)26)12-13-27(2)16-22(21)18-6-4-3-5-7-18/h3-11,14-15,22H,12-13,16H2,1-2H3/t22-/m0/s1. The lowest BCUT2D eigenvalue weighted by atomic mass is 9.88. The van der Waals surface area contributed by atoms with Crippen LogP contribution in [0.2, 0.25) is 5.02 Å².